The van der Waals surface area contributed by atoms with Crippen LogP contribution in [-0.2, 0) is 0 Å². The van der Waals surface area contributed by atoms with Crippen LogP contribution in [0.3, 0.4) is 0 Å². The molecule has 3 fully saturated rings. The van der Waals surface area contributed by atoms with Crippen LogP contribution in [0.4, 0.5) is 19.6 Å². The number of halogens is 2. The van der Waals surface area contributed by atoms with E-state index in [1.54, 1.807) is 16.9 Å². The summed E-state index contributed by atoms with van der Waals surface area (Å²) in [5, 5.41) is 18.3. The molecule has 0 atom stereocenters. The molecule has 3 heterocycles. The van der Waals surface area contributed by atoms with Gasteiger partial charge in [-0.25, -0.2) is 18.3 Å². The van der Waals surface area contributed by atoms with Gasteiger partial charge < -0.3 is 14.5 Å². The second-order valence-electron chi connectivity index (χ2n) is 8.17. The van der Waals surface area contributed by atoms with E-state index in [-0.39, 0.29) is 22.3 Å². The van der Waals surface area contributed by atoms with E-state index < -0.39 is 28.9 Å². The van der Waals surface area contributed by atoms with E-state index in [0.717, 1.165) is 17.0 Å². The van der Waals surface area contributed by atoms with Crippen molar-refractivity contribution < 1.29 is 22.7 Å². The number of rotatable bonds is 7. The van der Waals surface area contributed by atoms with E-state index in [0.29, 0.717) is 24.4 Å². The summed E-state index contributed by atoms with van der Waals surface area (Å²) in [6.45, 7) is 1.85. The minimum absolute atomic E-state index is 0.121. The Morgan fingerprint density at radius 3 is 2.72 bits per heavy atom. The molecule has 6 rings (SSSR count). The van der Waals surface area contributed by atoms with Gasteiger partial charge in [0.25, 0.3) is 5.91 Å². The molecule has 3 saturated carbocycles. The van der Waals surface area contributed by atoms with Crippen molar-refractivity contribution in [3.8, 4) is 10.9 Å². The molecule has 3 aliphatic carbocycles. The summed E-state index contributed by atoms with van der Waals surface area (Å²) in [4.78, 5) is 25.0. The topological polar surface area (TPSA) is 124 Å². The van der Waals surface area contributed by atoms with Crippen LogP contribution >= 0.6 is 11.3 Å². The average Bonchev–Trinajstić information content (AvgIpc) is 3.31. The molecule has 3 aliphatic rings. The Morgan fingerprint density at radius 1 is 1.34 bits per heavy atom. The molecule has 0 unspecified atom stereocenters. The van der Waals surface area contributed by atoms with E-state index in [1.165, 1.54) is 13.2 Å². The summed E-state index contributed by atoms with van der Waals surface area (Å²) in [6, 6.07) is 3.12. The summed E-state index contributed by atoms with van der Waals surface area (Å²) in [6.07, 6.45) is 0.122. The highest BCUT2D eigenvalue weighted by Crippen LogP contribution is 2.70. The molecule has 0 radical (unpaired) electrons. The molecule has 0 aliphatic heterocycles. The van der Waals surface area contributed by atoms with Crippen molar-refractivity contribution in [3.63, 3.8) is 0 Å². The first-order chi connectivity index (χ1) is 15.2. The van der Waals surface area contributed by atoms with Crippen LogP contribution in [-0.4, -0.2) is 45.0 Å². The van der Waals surface area contributed by atoms with E-state index in [9.17, 15) is 18.4 Å². The Hall–Kier alpha value is -3.35. The van der Waals surface area contributed by atoms with E-state index in [1.807, 2.05) is 6.92 Å². The van der Waals surface area contributed by atoms with Gasteiger partial charge in [0.1, 0.15) is 0 Å². The van der Waals surface area contributed by atoms with Crippen LogP contribution < -0.4 is 21.0 Å². The molecule has 2 bridgehead atoms. The normalized spacial score (nSPS) is 23.4. The van der Waals surface area contributed by atoms with Crippen LogP contribution in [0.2, 0.25) is 0 Å². The molecule has 0 aromatic carbocycles. The van der Waals surface area contributed by atoms with Crippen molar-refractivity contribution in [1.82, 2.24) is 20.0 Å². The lowest BCUT2D eigenvalue weighted by molar-refractivity contribution is -0.204. The van der Waals surface area contributed by atoms with Gasteiger partial charge in [-0.1, -0.05) is 11.3 Å². The number of alkyl halides is 2. The number of carbonyl (C=O) groups is 1. The molecule has 10 nitrogen and oxygen atoms in total. The number of nitrogens with one attached hydrogen (secondary N) is 2. The van der Waals surface area contributed by atoms with Crippen LogP contribution in [0.15, 0.2) is 27.5 Å². The highest BCUT2D eigenvalue weighted by molar-refractivity contribution is 7.17. The lowest BCUT2D eigenvalue weighted by Gasteiger charge is -2.70. The van der Waals surface area contributed by atoms with Gasteiger partial charge in [0, 0.05) is 28.9 Å². The van der Waals surface area contributed by atoms with E-state index in [2.05, 4.69) is 25.9 Å². The largest absolute Gasteiger partial charge is 0.488 e. The maximum Gasteiger partial charge on any atom is 0.381 e. The zero-order valence-electron chi connectivity index (χ0n) is 17.0. The lowest BCUT2D eigenvalue weighted by atomic mass is 9.39. The van der Waals surface area contributed by atoms with E-state index in [4.69, 9.17) is 9.15 Å². The monoisotopic (exact) mass is 464 g/mol. The number of hydrogen-bond acceptors (Lipinski definition) is 9. The molecule has 32 heavy (non-hydrogen) atoms. The maximum absolute atomic E-state index is 13.1. The zero-order valence-corrected chi connectivity index (χ0v) is 17.8. The Balaban J connectivity index is 1.35. The lowest BCUT2D eigenvalue weighted by Crippen LogP contribution is -2.73. The maximum atomic E-state index is 13.1. The third kappa shape index (κ3) is 3.15. The Labute approximate surface area is 183 Å². The van der Waals surface area contributed by atoms with Gasteiger partial charge in [-0.05, 0) is 32.3 Å². The van der Waals surface area contributed by atoms with Gasteiger partial charge in [0.05, 0.1) is 12.8 Å². The molecule has 168 valence electrons. The molecule has 3 aromatic heterocycles. The predicted octanol–water partition coefficient (Wildman–Crippen LogP) is 2.85. The predicted molar refractivity (Wildman–Crippen MR) is 110 cm³/mol. The smallest absolute Gasteiger partial charge is 0.381 e. The highest BCUT2D eigenvalue weighted by Gasteiger charge is 2.72. The molecule has 13 heteroatoms. The number of amides is 1. The number of carbonyl (C=O) groups excluding carboxylic acids is 1. The van der Waals surface area contributed by atoms with Crippen LogP contribution in [0.5, 0.6) is 5.75 Å². The third-order valence-corrected chi connectivity index (χ3v) is 6.73. The van der Waals surface area contributed by atoms with Crippen LogP contribution in [0.25, 0.3) is 5.13 Å². The number of aromatic nitrogens is 4. The Kier molecular flexibility index (Phi) is 4.55. The van der Waals surface area contributed by atoms with E-state index >= 15 is 0 Å². The summed E-state index contributed by atoms with van der Waals surface area (Å²) in [5.74, 6) is -1.11. The molecular weight excluding hydrogens is 446 g/mol. The molecule has 2 N–H and O–H groups in total. The SMILES string of the molecule is COc1c(NC23CC(C(F)F)(C2)C3)cc(C(=O)Nc2nnc(-n3nccc3C)s2)oc1=O. The summed E-state index contributed by atoms with van der Waals surface area (Å²) < 4.78 is 38.0. The van der Waals surface area contributed by atoms with Gasteiger partial charge in [0.2, 0.25) is 22.4 Å². The van der Waals surface area contributed by atoms with Crippen molar-refractivity contribution in [2.24, 2.45) is 5.41 Å². The van der Waals surface area contributed by atoms with Crippen molar-refractivity contribution in [3.05, 3.63) is 40.2 Å². The van der Waals surface area contributed by atoms with Gasteiger partial charge in [-0.2, -0.15) is 5.10 Å². The zero-order chi connectivity index (χ0) is 22.7. The standard InChI is InChI=1S/C19H18F2N6O4S/c1-9-3-4-22-27(9)17-26-25-16(32-17)23-13(28)11-5-10(12(30-2)14(29)31-11)24-19-6-18(7-19,8-19)15(20)21/h3-5,15,24H,6-8H2,1-2H3,(H,23,25,28). The van der Waals surface area contributed by atoms with Crippen molar-refractivity contribution >= 4 is 28.1 Å². The summed E-state index contributed by atoms with van der Waals surface area (Å²) in [5.41, 5.74) is -1.26. The highest BCUT2D eigenvalue weighted by atomic mass is 32.1. The van der Waals surface area contributed by atoms with Gasteiger partial charge in [-0.15, -0.1) is 10.2 Å². The molecular formula is C19H18F2N6O4S. The second kappa shape index (κ2) is 7.08. The van der Waals surface area contributed by atoms with Crippen molar-refractivity contribution in [2.75, 3.05) is 17.7 Å². The van der Waals surface area contributed by atoms with Crippen LogP contribution in [0, 0.1) is 12.3 Å². The fourth-order valence-corrected chi connectivity index (χ4v) is 5.23. The number of nitrogens with zero attached hydrogens (tertiary/aromatic N) is 4. The van der Waals surface area contributed by atoms with Gasteiger partial charge in [0.15, 0.2) is 5.76 Å². The molecule has 1 amide bonds. The minimum atomic E-state index is -2.38. The van der Waals surface area contributed by atoms with Crippen molar-refractivity contribution in [1.29, 1.82) is 0 Å². The number of ether oxygens (including phenoxy) is 1. The Bertz CT molecular complexity index is 1250. The summed E-state index contributed by atoms with van der Waals surface area (Å²) in [7, 11) is 1.29. The van der Waals surface area contributed by atoms with Crippen LogP contribution in [0.1, 0.15) is 35.5 Å². The number of hydrogen-bond donors (Lipinski definition) is 2. The first kappa shape index (κ1) is 20.5. The third-order valence-electron chi connectivity index (χ3n) is 5.92. The Morgan fingerprint density at radius 2 is 2.09 bits per heavy atom. The fourth-order valence-electron chi connectivity index (χ4n) is 4.48. The fraction of sp³-hybridized carbons (Fsp3) is 0.421. The first-order valence-corrected chi connectivity index (χ1v) is 10.5. The molecule has 3 aromatic rings. The quantitative estimate of drug-likeness (QED) is 0.547. The average molecular weight is 464 g/mol. The van der Waals surface area contributed by atoms with Gasteiger partial charge >= 0.3 is 5.63 Å². The van der Waals surface area contributed by atoms with Gasteiger partial charge in [-0.3, -0.25) is 10.1 Å². The molecule has 0 spiro atoms. The van der Waals surface area contributed by atoms with Crippen molar-refractivity contribution in [2.45, 2.75) is 38.2 Å². The second-order valence-corrected chi connectivity index (χ2v) is 9.13. The number of aryl methyl sites for hydroxylation is 1. The number of anilines is 2. The molecule has 0 saturated heterocycles. The minimum Gasteiger partial charge on any atom is -0.488 e. The summed E-state index contributed by atoms with van der Waals surface area (Å²) >= 11 is 1.09. The first-order valence-electron chi connectivity index (χ1n) is 9.69. The number of methoxy groups -OCH3 is 1.